The Morgan fingerprint density at radius 1 is 1.45 bits per heavy atom. The summed E-state index contributed by atoms with van der Waals surface area (Å²) >= 11 is 9.45. The molecule has 1 heterocycles. The lowest BCUT2D eigenvalue weighted by Gasteiger charge is -1.99. The number of hydrogen-bond acceptors (Lipinski definition) is 5. The fourth-order valence-corrected chi connectivity index (χ4v) is 2.87. The zero-order valence-corrected chi connectivity index (χ0v) is 13.2. The Balaban J connectivity index is 2.28. The first-order valence-electron chi connectivity index (χ1n) is 5.41. The third-order valence-electron chi connectivity index (χ3n) is 2.34. The van der Waals surface area contributed by atoms with Crippen molar-refractivity contribution in [3.05, 3.63) is 37.6 Å². The van der Waals surface area contributed by atoms with Gasteiger partial charge in [0.2, 0.25) is 5.88 Å². The molecular formula is C12H9BrN2O3S2. The summed E-state index contributed by atoms with van der Waals surface area (Å²) in [5, 5.41) is 18.7. The summed E-state index contributed by atoms with van der Waals surface area (Å²) in [6.07, 6.45) is 1.47. The van der Waals surface area contributed by atoms with Gasteiger partial charge in [0.15, 0.2) is 3.95 Å². The summed E-state index contributed by atoms with van der Waals surface area (Å²) in [5.41, 5.74) is 0.719. The van der Waals surface area contributed by atoms with Gasteiger partial charge in [-0.3, -0.25) is 14.4 Å². The molecule has 0 atom stereocenters. The number of benzene rings is 1. The third-order valence-corrected chi connectivity index (χ3v) is 4.25. The van der Waals surface area contributed by atoms with E-state index in [2.05, 4.69) is 20.9 Å². The number of hydrogen-bond donors (Lipinski definition) is 2. The minimum absolute atomic E-state index is 0.178. The van der Waals surface area contributed by atoms with Gasteiger partial charge in [-0.05, 0) is 36.5 Å². The molecule has 0 saturated carbocycles. The van der Waals surface area contributed by atoms with Crippen molar-refractivity contribution < 1.29 is 15.0 Å². The highest BCUT2D eigenvalue weighted by Gasteiger charge is 2.12. The van der Waals surface area contributed by atoms with Gasteiger partial charge in [-0.1, -0.05) is 27.3 Å². The highest BCUT2D eigenvalue weighted by atomic mass is 79.9. The van der Waals surface area contributed by atoms with E-state index >= 15 is 0 Å². The van der Waals surface area contributed by atoms with Crippen LogP contribution in [0, 0.1) is 3.95 Å². The molecule has 20 heavy (non-hydrogen) atoms. The van der Waals surface area contributed by atoms with Crippen LogP contribution in [0.3, 0.4) is 0 Å². The topological polar surface area (TPSA) is 74.8 Å². The first-order chi connectivity index (χ1) is 9.47. The molecular weight excluding hydrogens is 364 g/mol. The zero-order chi connectivity index (χ0) is 14.7. The summed E-state index contributed by atoms with van der Waals surface area (Å²) in [4.78, 5) is 15.3. The quantitative estimate of drug-likeness (QED) is 0.635. The van der Waals surface area contributed by atoms with Crippen LogP contribution in [0.5, 0.6) is 5.88 Å². The van der Waals surface area contributed by atoms with Gasteiger partial charge < -0.3 is 10.2 Å². The average molecular weight is 373 g/mol. The Kier molecular flexibility index (Phi) is 4.69. The molecule has 8 heteroatoms. The number of carboxylic acid groups (broad SMARTS) is 1. The van der Waals surface area contributed by atoms with Crippen LogP contribution in [0.1, 0.15) is 4.88 Å². The largest absolute Gasteiger partial charge is 0.493 e. The number of aromatic hydroxyl groups is 1. The van der Waals surface area contributed by atoms with E-state index in [4.69, 9.17) is 17.3 Å². The molecule has 0 fully saturated rings. The molecule has 0 unspecified atom stereocenters. The van der Waals surface area contributed by atoms with E-state index in [1.165, 1.54) is 6.21 Å². The molecule has 0 aliphatic carbocycles. The number of halogens is 1. The van der Waals surface area contributed by atoms with Crippen LogP contribution in [0.25, 0.3) is 0 Å². The molecule has 0 radical (unpaired) electrons. The predicted molar refractivity (Wildman–Crippen MR) is 83.8 cm³/mol. The van der Waals surface area contributed by atoms with Crippen LogP contribution in [0.4, 0.5) is 5.69 Å². The van der Waals surface area contributed by atoms with Gasteiger partial charge in [0, 0.05) is 4.47 Å². The number of nitrogens with zero attached hydrogens (tertiary/aromatic N) is 2. The van der Waals surface area contributed by atoms with Gasteiger partial charge in [-0.25, -0.2) is 0 Å². The highest BCUT2D eigenvalue weighted by molar-refractivity contribution is 9.10. The number of carbonyl (C=O) groups is 1. The van der Waals surface area contributed by atoms with Crippen molar-refractivity contribution in [3.63, 3.8) is 0 Å². The molecule has 5 nitrogen and oxygen atoms in total. The van der Waals surface area contributed by atoms with E-state index in [-0.39, 0.29) is 12.4 Å². The van der Waals surface area contributed by atoms with Gasteiger partial charge in [0.1, 0.15) is 11.4 Å². The Bertz CT molecular complexity index is 719. The van der Waals surface area contributed by atoms with E-state index in [9.17, 15) is 9.90 Å². The molecule has 104 valence electrons. The van der Waals surface area contributed by atoms with E-state index in [1.54, 1.807) is 0 Å². The number of aliphatic imine (C=N–C) groups is 1. The van der Waals surface area contributed by atoms with E-state index in [0.717, 1.165) is 26.1 Å². The fourth-order valence-electron chi connectivity index (χ4n) is 1.43. The van der Waals surface area contributed by atoms with Gasteiger partial charge >= 0.3 is 5.97 Å². The van der Waals surface area contributed by atoms with Crippen molar-refractivity contribution in [1.29, 1.82) is 0 Å². The Labute approximate surface area is 132 Å². The molecule has 0 aliphatic heterocycles. The number of aliphatic carboxylic acids is 1. The second-order valence-electron chi connectivity index (χ2n) is 3.77. The smallest absolute Gasteiger partial charge is 0.323 e. The molecule has 2 rings (SSSR count). The highest BCUT2D eigenvalue weighted by Crippen LogP contribution is 2.25. The minimum Gasteiger partial charge on any atom is -0.493 e. The minimum atomic E-state index is -1.06. The molecule has 0 bridgehead atoms. The number of thiazole rings is 1. The van der Waals surface area contributed by atoms with Gasteiger partial charge in [0.05, 0.1) is 11.9 Å². The molecule has 0 amide bonds. The summed E-state index contributed by atoms with van der Waals surface area (Å²) in [6, 6.07) is 7.32. The van der Waals surface area contributed by atoms with Crippen LogP contribution in [0.15, 0.2) is 33.7 Å². The number of rotatable bonds is 4. The Morgan fingerprint density at radius 2 is 2.10 bits per heavy atom. The Morgan fingerprint density at radius 3 is 2.70 bits per heavy atom. The maximum Gasteiger partial charge on any atom is 0.323 e. The van der Waals surface area contributed by atoms with Crippen LogP contribution < -0.4 is 0 Å². The zero-order valence-electron chi connectivity index (χ0n) is 9.99. The summed E-state index contributed by atoms with van der Waals surface area (Å²) in [7, 11) is 0. The summed E-state index contributed by atoms with van der Waals surface area (Å²) < 4.78 is 2.40. The van der Waals surface area contributed by atoms with Gasteiger partial charge in [0.25, 0.3) is 0 Å². The number of aromatic nitrogens is 1. The average Bonchev–Trinajstić information content (AvgIpc) is 2.65. The Hall–Kier alpha value is -1.51. The second-order valence-corrected chi connectivity index (χ2v) is 6.36. The maximum atomic E-state index is 10.7. The van der Waals surface area contributed by atoms with Crippen molar-refractivity contribution in [2.45, 2.75) is 6.54 Å². The van der Waals surface area contributed by atoms with E-state index < -0.39 is 5.97 Å². The van der Waals surface area contributed by atoms with E-state index in [0.29, 0.717) is 8.83 Å². The van der Waals surface area contributed by atoms with Gasteiger partial charge in [-0.15, -0.1) is 0 Å². The lowest BCUT2D eigenvalue weighted by atomic mass is 10.3. The molecule has 0 saturated heterocycles. The molecule has 2 aromatic rings. The summed E-state index contributed by atoms with van der Waals surface area (Å²) in [5.74, 6) is -1.24. The predicted octanol–water partition coefficient (Wildman–Crippen LogP) is 3.58. The standard InChI is InChI=1S/C12H9BrN2O3S2/c13-7-1-3-8(4-2-7)14-5-9-11(18)15(6-10(16)17)12(19)20-9/h1-5,18H,6H2,(H,16,17). The molecule has 0 spiro atoms. The van der Waals surface area contributed by atoms with Crippen LogP contribution in [-0.2, 0) is 11.3 Å². The monoisotopic (exact) mass is 372 g/mol. The molecule has 1 aromatic carbocycles. The summed E-state index contributed by atoms with van der Waals surface area (Å²) in [6.45, 7) is -0.368. The van der Waals surface area contributed by atoms with Crippen molar-refractivity contribution in [2.75, 3.05) is 0 Å². The number of carboxylic acids is 1. The van der Waals surface area contributed by atoms with Crippen LogP contribution in [0.2, 0.25) is 0 Å². The van der Waals surface area contributed by atoms with E-state index in [1.807, 2.05) is 24.3 Å². The fraction of sp³-hybridized carbons (Fsp3) is 0.0833. The van der Waals surface area contributed by atoms with Crippen molar-refractivity contribution in [1.82, 2.24) is 4.57 Å². The molecule has 0 aliphatic rings. The normalized spacial score (nSPS) is 11.1. The third kappa shape index (κ3) is 3.53. The SMILES string of the molecule is O=C(O)Cn1c(O)c(C=Nc2ccc(Br)cc2)sc1=S. The maximum absolute atomic E-state index is 10.7. The van der Waals surface area contributed by atoms with Crippen molar-refractivity contribution >= 4 is 57.4 Å². The van der Waals surface area contributed by atoms with Crippen molar-refractivity contribution in [3.8, 4) is 5.88 Å². The van der Waals surface area contributed by atoms with Crippen LogP contribution in [-0.4, -0.2) is 27.0 Å². The molecule has 1 aromatic heterocycles. The van der Waals surface area contributed by atoms with Crippen LogP contribution >= 0.6 is 39.5 Å². The van der Waals surface area contributed by atoms with Gasteiger partial charge in [-0.2, -0.15) is 0 Å². The first kappa shape index (κ1) is 14.9. The molecule has 2 N–H and O–H groups in total. The first-order valence-corrected chi connectivity index (χ1v) is 7.43. The second kappa shape index (κ2) is 6.29. The van der Waals surface area contributed by atoms with Crippen molar-refractivity contribution in [2.24, 2.45) is 4.99 Å². The lowest BCUT2D eigenvalue weighted by molar-refractivity contribution is -0.137. The lowest BCUT2D eigenvalue weighted by Crippen LogP contribution is -2.08.